The van der Waals surface area contributed by atoms with Gasteiger partial charge in [0.05, 0.1) is 18.6 Å². The molecule has 122 valence electrons. The van der Waals surface area contributed by atoms with Crippen LogP contribution in [0, 0.1) is 11.7 Å². The first-order valence-electron chi connectivity index (χ1n) is 7.46. The van der Waals surface area contributed by atoms with Gasteiger partial charge in [-0.05, 0) is 18.2 Å². The second-order valence-electron chi connectivity index (χ2n) is 5.31. The smallest absolute Gasteiger partial charge is 0.226 e. The molecule has 4 nitrogen and oxygen atoms in total. The lowest BCUT2D eigenvalue weighted by molar-refractivity contribution is -0.125. The largest absolute Gasteiger partial charge is 0.493 e. The van der Waals surface area contributed by atoms with Crippen molar-refractivity contribution in [2.24, 2.45) is 5.92 Å². The fourth-order valence-electron chi connectivity index (χ4n) is 2.04. The van der Waals surface area contributed by atoms with Crippen molar-refractivity contribution >= 4 is 5.91 Å². The summed E-state index contributed by atoms with van der Waals surface area (Å²) in [7, 11) is 0. The first-order chi connectivity index (χ1) is 11.1. The molecule has 0 heterocycles. The van der Waals surface area contributed by atoms with Crippen LogP contribution in [0.5, 0.6) is 5.75 Å². The number of benzene rings is 2. The molecule has 2 atom stereocenters. The second-order valence-corrected chi connectivity index (χ2v) is 5.31. The standard InChI is InChI=1S/C18H20FNO3/c1-13(12-23-14-7-3-2-4-8-14)18(22)20-11-17(21)15-9-5-6-10-16(15)19/h2-10,13,17,21H,11-12H2,1H3,(H,20,22). The third-order valence-corrected chi connectivity index (χ3v) is 3.42. The molecule has 2 unspecified atom stereocenters. The number of nitrogens with one attached hydrogen (secondary N) is 1. The fraction of sp³-hybridized carbons (Fsp3) is 0.278. The average Bonchev–Trinajstić information content (AvgIpc) is 2.58. The van der Waals surface area contributed by atoms with Crippen molar-refractivity contribution in [2.45, 2.75) is 13.0 Å². The van der Waals surface area contributed by atoms with Gasteiger partial charge in [0.15, 0.2) is 0 Å². The number of para-hydroxylation sites is 1. The molecular formula is C18H20FNO3. The summed E-state index contributed by atoms with van der Waals surface area (Å²) in [5.41, 5.74) is 0.168. The number of aliphatic hydroxyl groups excluding tert-OH is 1. The van der Waals surface area contributed by atoms with Crippen LogP contribution in [-0.4, -0.2) is 24.2 Å². The summed E-state index contributed by atoms with van der Waals surface area (Å²) in [5, 5.41) is 12.6. The van der Waals surface area contributed by atoms with Gasteiger partial charge in [0, 0.05) is 12.1 Å². The summed E-state index contributed by atoms with van der Waals surface area (Å²) < 4.78 is 19.1. The third-order valence-electron chi connectivity index (χ3n) is 3.42. The van der Waals surface area contributed by atoms with Gasteiger partial charge in [-0.2, -0.15) is 0 Å². The first-order valence-corrected chi connectivity index (χ1v) is 7.46. The van der Waals surface area contributed by atoms with Gasteiger partial charge in [-0.15, -0.1) is 0 Å². The van der Waals surface area contributed by atoms with Crippen LogP contribution in [0.15, 0.2) is 54.6 Å². The highest BCUT2D eigenvalue weighted by Crippen LogP contribution is 2.16. The summed E-state index contributed by atoms with van der Waals surface area (Å²) in [4.78, 5) is 12.0. The number of carbonyl (C=O) groups is 1. The molecule has 0 saturated carbocycles. The second kappa shape index (κ2) is 8.29. The zero-order valence-corrected chi connectivity index (χ0v) is 12.9. The molecule has 0 spiro atoms. The van der Waals surface area contributed by atoms with Crippen molar-refractivity contribution in [3.63, 3.8) is 0 Å². The van der Waals surface area contributed by atoms with Crippen molar-refractivity contribution in [1.29, 1.82) is 0 Å². The summed E-state index contributed by atoms with van der Waals surface area (Å²) in [5.74, 6) is -0.437. The van der Waals surface area contributed by atoms with Gasteiger partial charge in [-0.25, -0.2) is 4.39 Å². The predicted molar refractivity (Wildman–Crippen MR) is 85.5 cm³/mol. The molecule has 2 rings (SSSR count). The Balaban J connectivity index is 1.78. The molecule has 0 bridgehead atoms. The number of aliphatic hydroxyl groups is 1. The normalized spacial score (nSPS) is 13.2. The van der Waals surface area contributed by atoms with E-state index in [1.165, 1.54) is 12.1 Å². The number of hydrogen-bond donors (Lipinski definition) is 2. The van der Waals surface area contributed by atoms with Crippen LogP contribution in [0.3, 0.4) is 0 Å². The van der Waals surface area contributed by atoms with Crippen LogP contribution in [0.4, 0.5) is 4.39 Å². The van der Waals surface area contributed by atoms with Crippen LogP contribution < -0.4 is 10.1 Å². The van der Waals surface area contributed by atoms with Gasteiger partial charge in [0.2, 0.25) is 5.91 Å². The molecule has 2 aromatic carbocycles. The Hall–Kier alpha value is -2.40. The average molecular weight is 317 g/mol. The number of hydrogen-bond acceptors (Lipinski definition) is 3. The zero-order valence-electron chi connectivity index (χ0n) is 12.9. The lowest BCUT2D eigenvalue weighted by Gasteiger charge is -2.16. The molecule has 0 aliphatic carbocycles. The molecule has 0 aliphatic rings. The van der Waals surface area contributed by atoms with Crippen LogP contribution >= 0.6 is 0 Å². The molecule has 2 N–H and O–H groups in total. The third kappa shape index (κ3) is 5.07. The Bertz CT molecular complexity index is 633. The van der Waals surface area contributed by atoms with E-state index in [0.717, 1.165) is 0 Å². The van der Waals surface area contributed by atoms with E-state index in [1.807, 2.05) is 30.3 Å². The molecule has 23 heavy (non-hydrogen) atoms. The quantitative estimate of drug-likeness (QED) is 0.825. The topological polar surface area (TPSA) is 58.6 Å². The number of ether oxygens (including phenoxy) is 1. The van der Waals surface area contributed by atoms with E-state index in [-0.39, 0.29) is 30.5 Å². The minimum absolute atomic E-state index is 0.0462. The fourth-order valence-corrected chi connectivity index (χ4v) is 2.04. The number of halogens is 1. The minimum Gasteiger partial charge on any atom is -0.493 e. The van der Waals surface area contributed by atoms with E-state index in [9.17, 15) is 14.3 Å². The molecular weight excluding hydrogens is 297 g/mol. The summed E-state index contributed by atoms with van der Waals surface area (Å²) in [6.07, 6.45) is -1.08. The van der Waals surface area contributed by atoms with Gasteiger partial charge in [-0.3, -0.25) is 4.79 Å². The molecule has 1 amide bonds. The van der Waals surface area contributed by atoms with Gasteiger partial charge >= 0.3 is 0 Å². The molecule has 0 fully saturated rings. The van der Waals surface area contributed by atoms with Crippen molar-refractivity contribution in [3.8, 4) is 5.75 Å². The van der Waals surface area contributed by atoms with E-state index >= 15 is 0 Å². The highest BCUT2D eigenvalue weighted by molar-refractivity contribution is 5.78. The molecule has 0 aromatic heterocycles. The van der Waals surface area contributed by atoms with Crippen molar-refractivity contribution < 1.29 is 19.0 Å². The Kier molecular flexibility index (Phi) is 6.11. The van der Waals surface area contributed by atoms with Crippen LogP contribution in [-0.2, 0) is 4.79 Å². The van der Waals surface area contributed by atoms with Crippen LogP contribution in [0.1, 0.15) is 18.6 Å². The van der Waals surface area contributed by atoms with Crippen LogP contribution in [0.25, 0.3) is 0 Å². The Morgan fingerprint density at radius 1 is 1.17 bits per heavy atom. The zero-order chi connectivity index (χ0) is 16.7. The summed E-state index contributed by atoms with van der Waals surface area (Å²) >= 11 is 0. The van der Waals surface area contributed by atoms with E-state index in [0.29, 0.717) is 5.75 Å². The molecule has 5 heteroatoms. The Morgan fingerprint density at radius 2 is 1.83 bits per heavy atom. The molecule has 0 aliphatic heterocycles. The van der Waals surface area contributed by atoms with E-state index in [4.69, 9.17) is 4.74 Å². The molecule has 2 aromatic rings. The first kappa shape index (κ1) is 17.0. The van der Waals surface area contributed by atoms with Crippen molar-refractivity contribution in [2.75, 3.05) is 13.2 Å². The summed E-state index contributed by atoms with van der Waals surface area (Å²) in [6.45, 7) is 1.91. The minimum atomic E-state index is -1.08. The highest BCUT2D eigenvalue weighted by atomic mass is 19.1. The van der Waals surface area contributed by atoms with Gasteiger partial charge in [0.25, 0.3) is 0 Å². The van der Waals surface area contributed by atoms with Crippen molar-refractivity contribution in [3.05, 3.63) is 66.0 Å². The number of amides is 1. The lowest BCUT2D eigenvalue weighted by Crippen LogP contribution is -2.35. The Labute approximate surface area is 134 Å². The SMILES string of the molecule is CC(COc1ccccc1)C(=O)NCC(O)c1ccccc1F. The van der Waals surface area contributed by atoms with Gasteiger partial charge in [0.1, 0.15) is 11.6 Å². The van der Waals surface area contributed by atoms with Crippen molar-refractivity contribution in [1.82, 2.24) is 5.32 Å². The molecule has 0 radical (unpaired) electrons. The molecule has 0 saturated heterocycles. The maximum Gasteiger partial charge on any atom is 0.226 e. The predicted octanol–water partition coefficient (Wildman–Crippen LogP) is 2.69. The number of carbonyl (C=O) groups excluding carboxylic acids is 1. The Morgan fingerprint density at radius 3 is 2.52 bits per heavy atom. The van der Waals surface area contributed by atoms with E-state index in [2.05, 4.69) is 5.32 Å². The summed E-state index contributed by atoms with van der Waals surface area (Å²) in [6, 6.07) is 15.2. The number of rotatable bonds is 7. The highest BCUT2D eigenvalue weighted by Gasteiger charge is 2.17. The van der Waals surface area contributed by atoms with E-state index in [1.54, 1.807) is 19.1 Å². The maximum atomic E-state index is 13.5. The van der Waals surface area contributed by atoms with Gasteiger partial charge < -0.3 is 15.2 Å². The van der Waals surface area contributed by atoms with E-state index < -0.39 is 11.9 Å². The monoisotopic (exact) mass is 317 g/mol. The lowest BCUT2D eigenvalue weighted by atomic mass is 10.1. The van der Waals surface area contributed by atoms with Crippen LogP contribution in [0.2, 0.25) is 0 Å². The maximum absolute atomic E-state index is 13.5. The van der Waals surface area contributed by atoms with Gasteiger partial charge in [-0.1, -0.05) is 43.3 Å².